The quantitative estimate of drug-likeness (QED) is 0.441. The number of rotatable bonds is 3. The highest BCUT2D eigenvalue weighted by molar-refractivity contribution is 6.13. The number of anilines is 2. The maximum Gasteiger partial charge on any atom is 0.442 e. The number of alkyl halides is 3. The predicted molar refractivity (Wildman–Crippen MR) is 99.6 cm³/mol. The molecule has 3 aromatic rings. The summed E-state index contributed by atoms with van der Waals surface area (Å²) in [6.07, 6.45) is -5.25. The fourth-order valence-electron chi connectivity index (χ4n) is 3.40. The molecule has 0 bridgehead atoms. The van der Waals surface area contributed by atoms with Gasteiger partial charge in [-0.05, 0) is 42.5 Å². The molecule has 1 aliphatic rings. The van der Waals surface area contributed by atoms with Gasteiger partial charge in [-0.15, -0.1) is 0 Å². The van der Waals surface area contributed by atoms with Crippen LogP contribution in [0.5, 0.6) is 0 Å². The van der Waals surface area contributed by atoms with Gasteiger partial charge >= 0.3 is 17.7 Å². The lowest BCUT2D eigenvalue weighted by Crippen LogP contribution is -2.53. The first-order chi connectivity index (χ1) is 14.3. The van der Waals surface area contributed by atoms with E-state index in [0.29, 0.717) is 0 Å². The molecule has 1 heterocycles. The Balaban J connectivity index is 1.88. The highest BCUT2D eigenvalue weighted by atomic mass is 19.4. The van der Waals surface area contributed by atoms with Gasteiger partial charge in [0.15, 0.2) is 0 Å². The van der Waals surface area contributed by atoms with Crippen molar-refractivity contribution in [1.29, 1.82) is 0 Å². The van der Waals surface area contributed by atoms with Crippen LogP contribution in [0.25, 0.3) is 0 Å². The fraction of sp³-hybridized carbons (Fsp3) is 0.0909. The summed E-state index contributed by atoms with van der Waals surface area (Å²) in [6.45, 7) is 0. The molecule has 4 rings (SSSR count). The van der Waals surface area contributed by atoms with Crippen molar-refractivity contribution in [3.63, 3.8) is 0 Å². The molecule has 0 fully saturated rings. The van der Waals surface area contributed by atoms with Crippen LogP contribution < -0.4 is 4.90 Å². The highest BCUT2D eigenvalue weighted by Gasteiger charge is 2.71. The van der Waals surface area contributed by atoms with E-state index < -0.39 is 35.0 Å². The minimum Gasteiger partial charge on any atom is -0.430 e. The van der Waals surface area contributed by atoms with Crippen molar-refractivity contribution in [2.45, 2.75) is 11.8 Å². The second-order valence-corrected chi connectivity index (χ2v) is 6.57. The van der Waals surface area contributed by atoms with E-state index >= 15 is 0 Å². The van der Waals surface area contributed by atoms with Crippen molar-refractivity contribution >= 4 is 23.3 Å². The standard InChI is InChI=1S/C22H13F4NO3/c23-15-12-10-14(11-13-15)19(28)30-21(22(24,25)26)17-8-4-5-9-18(17)27(20(21)29)16-6-2-1-3-7-16/h1-13H/t21-/m0/s1. The Kier molecular flexibility index (Phi) is 4.57. The SMILES string of the molecule is O=C(O[C@]1(C(F)(F)F)C(=O)N(c2ccccc2)c2ccccc21)c1ccc(F)cc1. The van der Waals surface area contributed by atoms with Crippen LogP contribution in [-0.2, 0) is 15.1 Å². The van der Waals surface area contributed by atoms with Crippen LogP contribution in [0.15, 0.2) is 78.9 Å². The average molecular weight is 415 g/mol. The van der Waals surface area contributed by atoms with Gasteiger partial charge in [0, 0.05) is 11.3 Å². The van der Waals surface area contributed by atoms with E-state index in [-0.39, 0.29) is 16.9 Å². The first kappa shape index (κ1) is 19.6. The smallest absolute Gasteiger partial charge is 0.430 e. The Morgan fingerprint density at radius 3 is 2.10 bits per heavy atom. The highest BCUT2D eigenvalue weighted by Crippen LogP contribution is 2.54. The van der Waals surface area contributed by atoms with Gasteiger partial charge in [0.05, 0.1) is 11.3 Å². The first-order valence-electron chi connectivity index (χ1n) is 8.80. The molecule has 1 aliphatic heterocycles. The molecule has 0 radical (unpaired) electrons. The molecular weight excluding hydrogens is 402 g/mol. The largest absolute Gasteiger partial charge is 0.442 e. The zero-order chi connectivity index (χ0) is 21.5. The lowest BCUT2D eigenvalue weighted by Gasteiger charge is -2.30. The van der Waals surface area contributed by atoms with Crippen LogP contribution >= 0.6 is 0 Å². The molecule has 152 valence electrons. The molecule has 0 saturated carbocycles. The molecule has 3 aromatic carbocycles. The van der Waals surface area contributed by atoms with Gasteiger partial charge in [-0.3, -0.25) is 9.69 Å². The molecule has 4 nitrogen and oxygen atoms in total. The van der Waals surface area contributed by atoms with Gasteiger partial charge in [-0.25, -0.2) is 9.18 Å². The summed E-state index contributed by atoms with van der Waals surface area (Å²) < 4.78 is 61.2. The number of carbonyl (C=O) groups is 2. The minimum atomic E-state index is -5.25. The van der Waals surface area contributed by atoms with E-state index in [1.54, 1.807) is 18.2 Å². The van der Waals surface area contributed by atoms with E-state index in [1.807, 2.05) is 0 Å². The summed E-state index contributed by atoms with van der Waals surface area (Å²) in [4.78, 5) is 26.6. The van der Waals surface area contributed by atoms with Crippen molar-refractivity contribution < 1.29 is 31.9 Å². The molecule has 8 heteroatoms. The average Bonchev–Trinajstić information content (AvgIpc) is 2.98. The number of hydrogen-bond acceptors (Lipinski definition) is 3. The summed E-state index contributed by atoms with van der Waals surface area (Å²) >= 11 is 0. The zero-order valence-electron chi connectivity index (χ0n) is 15.2. The van der Waals surface area contributed by atoms with Crippen LogP contribution in [0, 0.1) is 5.82 Å². The molecular formula is C22H13F4NO3. The topological polar surface area (TPSA) is 46.6 Å². The normalized spacial score (nSPS) is 18.3. The monoisotopic (exact) mass is 415 g/mol. The number of esters is 1. The molecule has 0 spiro atoms. The molecule has 0 N–H and O–H groups in total. The molecule has 0 saturated heterocycles. The van der Waals surface area contributed by atoms with Crippen LogP contribution in [-0.4, -0.2) is 18.1 Å². The van der Waals surface area contributed by atoms with Gasteiger partial charge in [0.1, 0.15) is 5.82 Å². The lowest BCUT2D eigenvalue weighted by atomic mass is 9.94. The van der Waals surface area contributed by atoms with Crippen molar-refractivity contribution in [2.75, 3.05) is 4.90 Å². The molecule has 0 aromatic heterocycles. The maximum atomic E-state index is 14.4. The second kappa shape index (κ2) is 6.98. The number of hydrogen-bond donors (Lipinski definition) is 0. The van der Waals surface area contributed by atoms with Gasteiger partial charge in [-0.1, -0.05) is 36.4 Å². The second-order valence-electron chi connectivity index (χ2n) is 6.57. The van der Waals surface area contributed by atoms with E-state index in [2.05, 4.69) is 0 Å². The van der Waals surface area contributed by atoms with E-state index in [4.69, 9.17) is 4.74 Å². The lowest BCUT2D eigenvalue weighted by molar-refractivity contribution is -0.252. The Morgan fingerprint density at radius 1 is 0.867 bits per heavy atom. The van der Waals surface area contributed by atoms with E-state index in [0.717, 1.165) is 35.2 Å². The maximum absolute atomic E-state index is 14.4. The molecule has 1 atom stereocenters. The number of amides is 1. The number of benzene rings is 3. The predicted octanol–water partition coefficient (Wildman–Crippen LogP) is 5.12. The Labute approximate surface area is 168 Å². The van der Waals surface area contributed by atoms with E-state index in [9.17, 15) is 27.2 Å². The molecule has 0 unspecified atom stereocenters. The zero-order valence-corrected chi connectivity index (χ0v) is 15.2. The molecule has 30 heavy (non-hydrogen) atoms. The Hall–Kier alpha value is -3.68. The number of carbonyl (C=O) groups excluding carboxylic acids is 2. The van der Waals surface area contributed by atoms with Crippen LogP contribution in [0.3, 0.4) is 0 Å². The van der Waals surface area contributed by atoms with Crippen molar-refractivity contribution in [3.8, 4) is 0 Å². The van der Waals surface area contributed by atoms with Crippen molar-refractivity contribution in [2.24, 2.45) is 0 Å². The first-order valence-corrected chi connectivity index (χ1v) is 8.80. The van der Waals surface area contributed by atoms with Crippen molar-refractivity contribution in [1.82, 2.24) is 0 Å². The summed E-state index contributed by atoms with van der Waals surface area (Å²) in [5.41, 5.74) is -4.20. The van der Waals surface area contributed by atoms with Gasteiger partial charge in [0.25, 0.3) is 5.91 Å². The summed E-state index contributed by atoms with van der Waals surface area (Å²) in [6, 6.07) is 16.8. The van der Waals surface area contributed by atoms with Crippen molar-refractivity contribution in [3.05, 3.63) is 95.8 Å². The van der Waals surface area contributed by atoms with Crippen LogP contribution in [0.1, 0.15) is 15.9 Å². The minimum absolute atomic E-state index is 0.0436. The third kappa shape index (κ3) is 2.92. The number of fused-ring (bicyclic) bond motifs is 1. The number of nitrogens with zero attached hydrogens (tertiary/aromatic N) is 1. The van der Waals surface area contributed by atoms with Crippen LogP contribution in [0.2, 0.25) is 0 Å². The fourth-order valence-corrected chi connectivity index (χ4v) is 3.40. The summed E-state index contributed by atoms with van der Waals surface area (Å²) in [7, 11) is 0. The van der Waals surface area contributed by atoms with Gasteiger partial charge in [0.2, 0.25) is 0 Å². The molecule has 1 amide bonds. The Bertz CT molecular complexity index is 1110. The summed E-state index contributed by atoms with van der Waals surface area (Å²) in [5.74, 6) is -3.53. The van der Waals surface area contributed by atoms with Gasteiger partial charge < -0.3 is 4.74 Å². The van der Waals surface area contributed by atoms with Gasteiger partial charge in [-0.2, -0.15) is 13.2 Å². The van der Waals surface area contributed by atoms with Crippen LogP contribution in [0.4, 0.5) is 28.9 Å². The third-order valence-electron chi connectivity index (χ3n) is 4.77. The summed E-state index contributed by atoms with van der Waals surface area (Å²) in [5, 5.41) is 0. The molecule has 0 aliphatic carbocycles. The Morgan fingerprint density at radius 2 is 1.47 bits per heavy atom. The van der Waals surface area contributed by atoms with E-state index in [1.165, 1.54) is 30.3 Å². The third-order valence-corrected chi connectivity index (χ3v) is 4.77. The number of ether oxygens (including phenoxy) is 1. The number of halogens is 4. The number of para-hydroxylation sites is 2.